The number of fused-ring (bicyclic) bond motifs is 1. The molecule has 6 nitrogen and oxygen atoms in total. The number of carbonyl (C=O) groups is 1. The van der Waals surface area contributed by atoms with E-state index in [0.717, 1.165) is 24.4 Å². The zero-order valence-corrected chi connectivity index (χ0v) is 19.2. The lowest BCUT2D eigenvalue weighted by atomic mass is 9.61. The third kappa shape index (κ3) is 4.13. The standard InChI is InChI=1S/C27H32N4O2/c1-31-17-5-6-19(31)12-15-28-16-13-24(33)21-7-4-9-26-27(21)14-3-2-8-25(27)29-22-11-10-20(32)18-23(22)30-26/h2-4,8-11,14,18-19,21,28,32H,5-7,12-13,15-17H2,1H3. The molecule has 5 rings (SSSR count). The van der Waals surface area contributed by atoms with Gasteiger partial charge in [0.1, 0.15) is 11.5 Å². The van der Waals surface area contributed by atoms with Crippen LogP contribution in [-0.2, 0) is 4.79 Å². The van der Waals surface area contributed by atoms with Crippen LogP contribution in [0, 0.1) is 11.3 Å². The molecule has 4 aliphatic rings. The number of likely N-dealkylation sites (tertiary alicyclic amines) is 1. The first-order valence-corrected chi connectivity index (χ1v) is 12.1. The molecule has 3 atom stereocenters. The van der Waals surface area contributed by atoms with Crippen LogP contribution >= 0.6 is 0 Å². The molecule has 1 fully saturated rings. The highest BCUT2D eigenvalue weighted by atomic mass is 16.3. The van der Waals surface area contributed by atoms with Gasteiger partial charge in [-0.15, -0.1) is 0 Å². The quantitative estimate of drug-likeness (QED) is 0.616. The van der Waals surface area contributed by atoms with E-state index in [4.69, 9.17) is 9.98 Å². The first-order valence-electron chi connectivity index (χ1n) is 12.1. The molecule has 1 spiro atoms. The lowest BCUT2D eigenvalue weighted by Crippen LogP contribution is -2.48. The van der Waals surface area contributed by atoms with E-state index in [0.29, 0.717) is 36.8 Å². The lowest BCUT2D eigenvalue weighted by molar-refractivity contribution is -0.123. The molecule has 1 aromatic carbocycles. The molecule has 2 heterocycles. The number of nitrogens with zero attached hydrogens (tertiary/aromatic N) is 3. The number of aliphatic imine (C=N–C) groups is 2. The Morgan fingerprint density at radius 1 is 1.18 bits per heavy atom. The van der Waals surface area contributed by atoms with Gasteiger partial charge in [0.15, 0.2) is 0 Å². The summed E-state index contributed by atoms with van der Waals surface area (Å²) in [4.78, 5) is 25.8. The van der Waals surface area contributed by atoms with Gasteiger partial charge in [0.05, 0.1) is 28.2 Å². The summed E-state index contributed by atoms with van der Waals surface area (Å²) in [7, 11) is 2.20. The largest absolute Gasteiger partial charge is 0.508 e. The Kier molecular flexibility index (Phi) is 6.13. The molecule has 2 aliphatic carbocycles. The van der Waals surface area contributed by atoms with Gasteiger partial charge in [-0.1, -0.05) is 24.3 Å². The van der Waals surface area contributed by atoms with Crippen molar-refractivity contribution in [1.29, 1.82) is 0 Å². The monoisotopic (exact) mass is 444 g/mol. The minimum absolute atomic E-state index is 0.158. The van der Waals surface area contributed by atoms with Crippen molar-refractivity contribution in [3.8, 4) is 5.75 Å². The predicted octanol–water partition coefficient (Wildman–Crippen LogP) is 4.27. The third-order valence-corrected chi connectivity index (χ3v) is 7.47. The molecule has 6 heteroatoms. The zero-order valence-electron chi connectivity index (χ0n) is 19.2. The fraction of sp³-hybridized carbons (Fsp3) is 0.444. The summed E-state index contributed by atoms with van der Waals surface area (Å²) in [5, 5.41) is 13.5. The van der Waals surface area contributed by atoms with E-state index in [1.165, 1.54) is 19.4 Å². The Balaban J connectivity index is 1.33. The Morgan fingerprint density at radius 2 is 2.03 bits per heavy atom. The molecule has 0 radical (unpaired) electrons. The summed E-state index contributed by atoms with van der Waals surface area (Å²) >= 11 is 0. The molecule has 172 valence electrons. The number of rotatable bonds is 7. The molecule has 2 N–H and O–H groups in total. The summed E-state index contributed by atoms with van der Waals surface area (Å²) < 4.78 is 0. The summed E-state index contributed by atoms with van der Waals surface area (Å²) in [6.07, 6.45) is 17.0. The van der Waals surface area contributed by atoms with E-state index >= 15 is 0 Å². The Morgan fingerprint density at radius 3 is 2.88 bits per heavy atom. The Hall–Kier alpha value is -2.83. The Bertz CT molecular complexity index is 1080. The van der Waals surface area contributed by atoms with Crippen molar-refractivity contribution in [2.75, 3.05) is 26.7 Å². The second-order valence-corrected chi connectivity index (χ2v) is 9.48. The van der Waals surface area contributed by atoms with E-state index in [9.17, 15) is 9.90 Å². The van der Waals surface area contributed by atoms with Gasteiger partial charge >= 0.3 is 0 Å². The highest BCUT2D eigenvalue weighted by Crippen LogP contribution is 2.47. The van der Waals surface area contributed by atoms with E-state index in [2.05, 4.69) is 23.3 Å². The number of aromatic hydroxyl groups is 1. The second-order valence-electron chi connectivity index (χ2n) is 9.48. The zero-order chi connectivity index (χ0) is 22.8. The van der Waals surface area contributed by atoms with Crippen LogP contribution in [0.15, 0.2) is 64.6 Å². The molecule has 1 saturated heterocycles. The highest BCUT2D eigenvalue weighted by Gasteiger charge is 2.49. The highest BCUT2D eigenvalue weighted by molar-refractivity contribution is 6.26. The van der Waals surface area contributed by atoms with Crippen molar-refractivity contribution in [3.63, 3.8) is 0 Å². The maximum atomic E-state index is 13.5. The van der Waals surface area contributed by atoms with Gasteiger partial charge in [-0.2, -0.15) is 0 Å². The van der Waals surface area contributed by atoms with E-state index in [1.54, 1.807) is 18.2 Å². The van der Waals surface area contributed by atoms with E-state index in [1.807, 2.05) is 30.4 Å². The molecule has 3 unspecified atom stereocenters. The van der Waals surface area contributed by atoms with Gasteiger partial charge in [-0.3, -0.25) is 4.79 Å². The van der Waals surface area contributed by atoms with Gasteiger partial charge in [-0.05, 0) is 70.1 Å². The van der Waals surface area contributed by atoms with Crippen LogP contribution in [0.3, 0.4) is 0 Å². The number of phenols is 1. The number of nitrogens with one attached hydrogen (secondary N) is 1. The number of hydrogen-bond acceptors (Lipinski definition) is 6. The van der Waals surface area contributed by atoms with Crippen molar-refractivity contribution in [2.45, 2.75) is 38.1 Å². The van der Waals surface area contributed by atoms with E-state index < -0.39 is 5.41 Å². The molecular weight excluding hydrogens is 412 g/mol. The van der Waals surface area contributed by atoms with Gasteiger partial charge in [0, 0.05) is 31.0 Å². The topological polar surface area (TPSA) is 77.3 Å². The first-order chi connectivity index (χ1) is 16.1. The smallest absolute Gasteiger partial charge is 0.139 e. The molecule has 0 aromatic heterocycles. The number of phenolic OH excluding ortho intramolecular Hbond substituents is 1. The summed E-state index contributed by atoms with van der Waals surface area (Å²) in [5.41, 5.74) is 2.33. The fourth-order valence-electron chi connectivity index (χ4n) is 5.63. The predicted molar refractivity (Wildman–Crippen MR) is 133 cm³/mol. The normalized spacial score (nSPS) is 27.9. The van der Waals surface area contributed by atoms with Crippen LogP contribution < -0.4 is 5.32 Å². The lowest BCUT2D eigenvalue weighted by Gasteiger charge is -2.40. The molecule has 0 bridgehead atoms. The van der Waals surface area contributed by atoms with Crippen molar-refractivity contribution in [3.05, 3.63) is 54.7 Å². The van der Waals surface area contributed by atoms with Crippen molar-refractivity contribution >= 4 is 28.6 Å². The van der Waals surface area contributed by atoms with Gasteiger partial charge in [0.2, 0.25) is 0 Å². The van der Waals surface area contributed by atoms with Crippen molar-refractivity contribution in [2.24, 2.45) is 21.3 Å². The van der Waals surface area contributed by atoms with Crippen LogP contribution in [-0.4, -0.2) is 59.9 Å². The molecule has 0 amide bonds. The second kappa shape index (κ2) is 9.20. The summed E-state index contributed by atoms with van der Waals surface area (Å²) in [6, 6.07) is 5.71. The number of Topliss-reactive ketones (excluding diaryl/α,β-unsaturated/α-hetero) is 1. The number of ketones is 1. The maximum absolute atomic E-state index is 13.5. The fourth-order valence-corrected chi connectivity index (χ4v) is 5.63. The third-order valence-electron chi connectivity index (χ3n) is 7.47. The first kappa shape index (κ1) is 22.0. The van der Waals surface area contributed by atoms with Gasteiger partial charge < -0.3 is 15.3 Å². The number of benzene rings is 1. The minimum Gasteiger partial charge on any atom is -0.508 e. The number of allylic oxidation sites excluding steroid dienone is 6. The average molecular weight is 445 g/mol. The summed E-state index contributed by atoms with van der Waals surface area (Å²) in [6.45, 7) is 2.83. The van der Waals surface area contributed by atoms with Crippen LogP contribution in [0.5, 0.6) is 5.75 Å². The van der Waals surface area contributed by atoms with Crippen LogP contribution in [0.1, 0.15) is 32.1 Å². The number of hydrogen-bond donors (Lipinski definition) is 2. The molecule has 0 saturated carbocycles. The van der Waals surface area contributed by atoms with Crippen LogP contribution in [0.25, 0.3) is 0 Å². The maximum Gasteiger partial charge on any atom is 0.139 e. The summed E-state index contributed by atoms with van der Waals surface area (Å²) in [5.74, 6) is 0.149. The molecule has 2 aliphatic heterocycles. The molecular formula is C27H32N4O2. The minimum atomic E-state index is -0.665. The molecule has 1 aromatic rings. The SMILES string of the molecule is CN1CCCC1CCNCCC(=O)C1CC=CC2=Nc3cc(O)ccc3N=C3C=CC=CC321. The van der Waals surface area contributed by atoms with Crippen molar-refractivity contribution < 1.29 is 9.90 Å². The molecule has 33 heavy (non-hydrogen) atoms. The van der Waals surface area contributed by atoms with Gasteiger partial charge in [-0.25, -0.2) is 9.98 Å². The average Bonchev–Trinajstić information content (AvgIpc) is 3.15. The van der Waals surface area contributed by atoms with Crippen molar-refractivity contribution in [1.82, 2.24) is 10.2 Å². The van der Waals surface area contributed by atoms with Gasteiger partial charge in [0.25, 0.3) is 0 Å². The van der Waals surface area contributed by atoms with Crippen LogP contribution in [0.2, 0.25) is 0 Å². The van der Waals surface area contributed by atoms with E-state index in [-0.39, 0.29) is 17.5 Å². The number of carbonyl (C=O) groups excluding carboxylic acids is 1. The van der Waals surface area contributed by atoms with Crippen LogP contribution in [0.4, 0.5) is 11.4 Å². The Labute approximate surface area is 195 Å².